The molecule has 0 aliphatic rings. The topological polar surface area (TPSA) is 20.3 Å². The summed E-state index contributed by atoms with van der Waals surface area (Å²) in [5.41, 5.74) is 0.969. The fraction of sp³-hybridized carbons (Fsp3) is 0.417. The molecule has 0 N–H and O–H groups in total. The van der Waals surface area contributed by atoms with Crippen molar-refractivity contribution in [3.63, 3.8) is 0 Å². The van der Waals surface area contributed by atoms with Gasteiger partial charge in [0, 0.05) is 12.5 Å². The number of halogens is 1. The van der Waals surface area contributed by atoms with Gasteiger partial charge in [-0.25, -0.2) is 4.39 Å². The maximum absolute atomic E-state index is 12.7. The summed E-state index contributed by atoms with van der Waals surface area (Å²) in [7, 11) is 3.83. The summed E-state index contributed by atoms with van der Waals surface area (Å²) >= 11 is 0. The van der Waals surface area contributed by atoms with Crippen molar-refractivity contribution in [3.05, 3.63) is 35.6 Å². The van der Waals surface area contributed by atoms with Crippen LogP contribution in [0.3, 0.4) is 0 Å². The fourth-order valence-electron chi connectivity index (χ4n) is 1.56. The molecule has 0 saturated heterocycles. The molecule has 1 unspecified atom stereocenters. The van der Waals surface area contributed by atoms with E-state index in [2.05, 4.69) is 0 Å². The number of hydrogen-bond donors (Lipinski definition) is 0. The molecule has 15 heavy (non-hydrogen) atoms. The van der Waals surface area contributed by atoms with Crippen LogP contribution < -0.4 is 0 Å². The van der Waals surface area contributed by atoms with Gasteiger partial charge in [0.1, 0.15) is 11.6 Å². The van der Waals surface area contributed by atoms with Crippen LogP contribution in [0.2, 0.25) is 0 Å². The van der Waals surface area contributed by atoms with Gasteiger partial charge in [0.2, 0.25) is 0 Å². The molecule has 0 fully saturated rings. The maximum atomic E-state index is 12.7. The smallest absolute Gasteiger partial charge is 0.131 e. The Labute approximate surface area is 89.7 Å². The van der Waals surface area contributed by atoms with Crippen LogP contribution in [-0.4, -0.2) is 24.8 Å². The van der Waals surface area contributed by atoms with E-state index in [9.17, 15) is 9.18 Å². The lowest BCUT2D eigenvalue weighted by atomic mass is 10.0. The first-order valence-electron chi connectivity index (χ1n) is 4.92. The number of carbonyl (C=O) groups excluding carboxylic acids is 1. The highest BCUT2D eigenvalue weighted by atomic mass is 19.1. The van der Waals surface area contributed by atoms with Crippen LogP contribution in [0, 0.1) is 5.82 Å². The fourth-order valence-corrected chi connectivity index (χ4v) is 1.56. The van der Waals surface area contributed by atoms with Crippen molar-refractivity contribution >= 4 is 5.78 Å². The van der Waals surface area contributed by atoms with Crippen molar-refractivity contribution in [3.8, 4) is 0 Å². The summed E-state index contributed by atoms with van der Waals surface area (Å²) in [5, 5.41) is 0. The Morgan fingerprint density at radius 1 is 1.33 bits per heavy atom. The van der Waals surface area contributed by atoms with Gasteiger partial charge in [-0.3, -0.25) is 4.79 Å². The number of benzene rings is 1. The number of hydrogen-bond acceptors (Lipinski definition) is 2. The second-order valence-electron chi connectivity index (χ2n) is 3.94. The van der Waals surface area contributed by atoms with Gasteiger partial charge in [-0.2, -0.15) is 0 Å². The Kier molecular flexibility index (Phi) is 3.97. The predicted octanol–water partition coefficient (Wildman–Crippen LogP) is 2.41. The van der Waals surface area contributed by atoms with Crippen molar-refractivity contribution in [1.82, 2.24) is 4.90 Å². The van der Waals surface area contributed by atoms with Gasteiger partial charge in [-0.05, 0) is 38.7 Å². The standard InChI is InChI=1S/C12H16FNO/c1-9(15)8-12(14(2)3)10-4-6-11(13)7-5-10/h4-7,12H,8H2,1-3H3. The van der Waals surface area contributed by atoms with Gasteiger partial charge in [-0.1, -0.05) is 12.1 Å². The Morgan fingerprint density at radius 2 is 1.87 bits per heavy atom. The molecule has 82 valence electrons. The normalized spacial score (nSPS) is 12.9. The molecule has 1 aromatic rings. The van der Waals surface area contributed by atoms with E-state index in [0.717, 1.165) is 5.56 Å². The molecule has 1 atom stereocenters. The number of Topliss-reactive ketones (excluding diaryl/α,β-unsaturated/α-hetero) is 1. The monoisotopic (exact) mass is 209 g/mol. The zero-order valence-electron chi connectivity index (χ0n) is 9.33. The Balaban J connectivity index is 2.88. The summed E-state index contributed by atoms with van der Waals surface area (Å²) in [4.78, 5) is 13.1. The zero-order chi connectivity index (χ0) is 11.4. The van der Waals surface area contributed by atoms with Crippen molar-refractivity contribution in [2.24, 2.45) is 0 Å². The van der Waals surface area contributed by atoms with Crippen molar-refractivity contribution in [1.29, 1.82) is 0 Å². The summed E-state index contributed by atoms with van der Waals surface area (Å²) in [6, 6.07) is 6.33. The predicted molar refractivity (Wildman–Crippen MR) is 58.1 cm³/mol. The molecule has 0 aliphatic carbocycles. The molecule has 0 aromatic heterocycles. The first kappa shape index (κ1) is 11.9. The lowest BCUT2D eigenvalue weighted by Crippen LogP contribution is -2.22. The molecule has 0 amide bonds. The van der Waals surface area contributed by atoms with Crippen molar-refractivity contribution in [2.45, 2.75) is 19.4 Å². The molecule has 3 heteroatoms. The number of ketones is 1. The van der Waals surface area contributed by atoms with Crippen LogP contribution in [0.15, 0.2) is 24.3 Å². The van der Waals surface area contributed by atoms with Crippen molar-refractivity contribution in [2.75, 3.05) is 14.1 Å². The van der Waals surface area contributed by atoms with E-state index in [-0.39, 0.29) is 17.6 Å². The van der Waals surface area contributed by atoms with E-state index in [0.29, 0.717) is 6.42 Å². The van der Waals surface area contributed by atoms with Crippen LogP contribution in [0.4, 0.5) is 4.39 Å². The lowest BCUT2D eigenvalue weighted by Gasteiger charge is -2.23. The third kappa shape index (κ3) is 3.44. The summed E-state index contributed by atoms with van der Waals surface area (Å²) in [6.07, 6.45) is 0.457. The maximum Gasteiger partial charge on any atom is 0.131 e. The quantitative estimate of drug-likeness (QED) is 0.759. The number of rotatable bonds is 4. The Hall–Kier alpha value is -1.22. The van der Waals surface area contributed by atoms with Gasteiger partial charge < -0.3 is 4.90 Å². The summed E-state index contributed by atoms with van der Waals surface area (Å²) in [6.45, 7) is 1.57. The first-order chi connectivity index (χ1) is 7.00. The Morgan fingerprint density at radius 3 is 2.27 bits per heavy atom. The SMILES string of the molecule is CC(=O)CC(c1ccc(F)cc1)N(C)C. The van der Waals surface area contributed by atoms with Gasteiger partial charge in [0.15, 0.2) is 0 Å². The summed E-state index contributed by atoms with van der Waals surface area (Å²) in [5.74, 6) is -0.114. The molecule has 1 aromatic carbocycles. The van der Waals surface area contributed by atoms with Crippen LogP contribution >= 0.6 is 0 Å². The second-order valence-corrected chi connectivity index (χ2v) is 3.94. The molecular formula is C12H16FNO. The van der Waals surface area contributed by atoms with Crippen LogP contribution in [0.1, 0.15) is 24.9 Å². The molecule has 0 saturated carbocycles. The molecule has 2 nitrogen and oxygen atoms in total. The highest BCUT2D eigenvalue weighted by Gasteiger charge is 2.15. The molecule has 0 bridgehead atoms. The van der Waals surface area contributed by atoms with E-state index in [1.165, 1.54) is 12.1 Å². The average molecular weight is 209 g/mol. The third-order valence-corrected chi connectivity index (χ3v) is 2.36. The van der Waals surface area contributed by atoms with Gasteiger partial charge in [0.05, 0.1) is 0 Å². The van der Waals surface area contributed by atoms with E-state index >= 15 is 0 Å². The highest BCUT2D eigenvalue weighted by Crippen LogP contribution is 2.22. The van der Waals surface area contributed by atoms with Gasteiger partial charge in [-0.15, -0.1) is 0 Å². The minimum Gasteiger partial charge on any atom is -0.302 e. The van der Waals surface area contributed by atoms with Crippen molar-refractivity contribution < 1.29 is 9.18 Å². The number of nitrogens with zero attached hydrogens (tertiary/aromatic N) is 1. The highest BCUT2D eigenvalue weighted by molar-refractivity contribution is 5.76. The summed E-state index contributed by atoms with van der Waals surface area (Å²) < 4.78 is 12.7. The molecule has 0 spiro atoms. The largest absolute Gasteiger partial charge is 0.302 e. The zero-order valence-corrected chi connectivity index (χ0v) is 9.33. The van der Waals surface area contributed by atoms with Crippen LogP contribution in [0.5, 0.6) is 0 Å². The van der Waals surface area contributed by atoms with Crippen LogP contribution in [-0.2, 0) is 4.79 Å². The molecule has 0 aliphatic heterocycles. The molecule has 1 rings (SSSR count). The second kappa shape index (κ2) is 5.03. The molecular weight excluding hydrogens is 193 g/mol. The first-order valence-corrected chi connectivity index (χ1v) is 4.92. The minimum absolute atomic E-state index is 0.0306. The molecule has 0 radical (unpaired) electrons. The van der Waals surface area contributed by atoms with Gasteiger partial charge in [0.25, 0.3) is 0 Å². The molecule has 0 heterocycles. The van der Waals surface area contributed by atoms with E-state index < -0.39 is 0 Å². The average Bonchev–Trinajstić information content (AvgIpc) is 2.15. The van der Waals surface area contributed by atoms with E-state index in [1.54, 1.807) is 19.1 Å². The van der Waals surface area contributed by atoms with Gasteiger partial charge >= 0.3 is 0 Å². The van der Waals surface area contributed by atoms with Crippen LogP contribution in [0.25, 0.3) is 0 Å². The number of carbonyl (C=O) groups is 1. The van der Waals surface area contributed by atoms with E-state index in [1.807, 2.05) is 19.0 Å². The minimum atomic E-state index is -0.251. The lowest BCUT2D eigenvalue weighted by molar-refractivity contribution is -0.118. The van der Waals surface area contributed by atoms with E-state index in [4.69, 9.17) is 0 Å². The Bertz CT molecular complexity index is 332. The third-order valence-electron chi connectivity index (χ3n) is 2.36.